The summed E-state index contributed by atoms with van der Waals surface area (Å²) in [6, 6.07) is 9.62. The van der Waals surface area contributed by atoms with Gasteiger partial charge in [0.1, 0.15) is 0 Å². The Morgan fingerprint density at radius 3 is 2.71 bits per heavy atom. The summed E-state index contributed by atoms with van der Waals surface area (Å²) >= 11 is 0. The number of benzene rings is 1. The predicted octanol–water partition coefficient (Wildman–Crippen LogP) is 0.281. The Hall–Kier alpha value is -1.92. The lowest BCUT2D eigenvalue weighted by Crippen LogP contribution is -2.72. The van der Waals surface area contributed by atoms with Crippen LogP contribution in [0.5, 0.6) is 0 Å². The fraction of sp³-hybridized carbons (Fsp3) is 0.556. The number of hydrogen-bond acceptors (Lipinski definition) is 4. The van der Waals surface area contributed by atoms with E-state index in [1.165, 1.54) is 12.8 Å². The SMILES string of the molecule is O=C1N[C@H]2C(COC[C@@H]2NCC2CC2)N(Cc2ccccc2)C1=O. The number of nitrogens with one attached hydrogen (secondary N) is 2. The molecule has 2 heterocycles. The molecule has 1 aromatic rings. The van der Waals surface area contributed by atoms with Gasteiger partial charge in [-0.15, -0.1) is 0 Å². The zero-order chi connectivity index (χ0) is 16.5. The Morgan fingerprint density at radius 1 is 1.17 bits per heavy atom. The van der Waals surface area contributed by atoms with Crippen molar-refractivity contribution in [3.8, 4) is 0 Å². The first-order chi connectivity index (χ1) is 11.7. The summed E-state index contributed by atoms with van der Waals surface area (Å²) in [7, 11) is 0. The molecule has 2 N–H and O–H groups in total. The first kappa shape index (κ1) is 15.6. The molecule has 3 aliphatic rings. The van der Waals surface area contributed by atoms with Crippen molar-refractivity contribution < 1.29 is 14.3 Å². The summed E-state index contributed by atoms with van der Waals surface area (Å²) in [5.74, 6) is -0.217. The standard InChI is InChI=1S/C18H23N3O3/c22-17-18(23)21(9-13-4-2-1-3-5-13)15-11-24-10-14(16(15)20-17)19-8-12-6-7-12/h1-5,12,14-16,19H,6-11H2,(H,20,22)/t14-,15?,16+/m0/s1. The molecule has 1 aromatic carbocycles. The van der Waals surface area contributed by atoms with Crippen LogP contribution in [0, 0.1) is 5.92 Å². The molecule has 2 saturated heterocycles. The van der Waals surface area contributed by atoms with Crippen molar-refractivity contribution in [1.29, 1.82) is 0 Å². The topological polar surface area (TPSA) is 70.7 Å². The highest BCUT2D eigenvalue weighted by atomic mass is 16.5. The van der Waals surface area contributed by atoms with Gasteiger partial charge in [-0.3, -0.25) is 9.59 Å². The third kappa shape index (κ3) is 3.16. The third-order valence-electron chi connectivity index (χ3n) is 5.15. The fourth-order valence-corrected chi connectivity index (χ4v) is 3.56. The van der Waals surface area contributed by atoms with E-state index in [0.717, 1.165) is 18.0 Å². The van der Waals surface area contributed by atoms with Gasteiger partial charge in [0, 0.05) is 6.54 Å². The van der Waals surface area contributed by atoms with Crippen LogP contribution in [0.3, 0.4) is 0 Å². The monoisotopic (exact) mass is 329 g/mol. The highest BCUT2D eigenvalue weighted by Crippen LogP contribution is 2.28. The second-order valence-electron chi connectivity index (χ2n) is 6.98. The highest BCUT2D eigenvalue weighted by molar-refractivity contribution is 6.35. The zero-order valence-corrected chi connectivity index (χ0v) is 13.6. The largest absolute Gasteiger partial charge is 0.378 e. The van der Waals surface area contributed by atoms with E-state index in [0.29, 0.717) is 19.8 Å². The van der Waals surface area contributed by atoms with Crippen molar-refractivity contribution in [3.63, 3.8) is 0 Å². The van der Waals surface area contributed by atoms with Crippen LogP contribution in [-0.4, -0.2) is 54.6 Å². The number of hydrogen-bond donors (Lipinski definition) is 2. The number of carbonyl (C=O) groups excluding carboxylic acids is 2. The Morgan fingerprint density at radius 2 is 1.96 bits per heavy atom. The molecule has 6 heteroatoms. The van der Waals surface area contributed by atoms with Gasteiger partial charge in [0.2, 0.25) is 0 Å². The molecular formula is C18H23N3O3. The fourth-order valence-electron chi connectivity index (χ4n) is 3.56. The quantitative estimate of drug-likeness (QED) is 0.762. The van der Waals surface area contributed by atoms with Gasteiger partial charge in [-0.05, 0) is 30.9 Å². The molecule has 3 atom stereocenters. The lowest BCUT2D eigenvalue weighted by Gasteiger charge is -2.47. The van der Waals surface area contributed by atoms with E-state index in [4.69, 9.17) is 4.74 Å². The normalized spacial score (nSPS) is 30.0. The average molecular weight is 329 g/mol. The van der Waals surface area contributed by atoms with E-state index >= 15 is 0 Å². The zero-order valence-electron chi connectivity index (χ0n) is 13.6. The molecular weight excluding hydrogens is 306 g/mol. The van der Waals surface area contributed by atoms with E-state index in [-0.39, 0.29) is 18.1 Å². The molecule has 1 saturated carbocycles. The van der Waals surface area contributed by atoms with Crippen LogP contribution < -0.4 is 10.6 Å². The number of nitrogens with zero attached hydrogens (tertiary/aromatic N) is 1. The maximum atomic E-state index is 12.4. The Bertz CT molecular complexity index is 617. The van der Waals surface area contributed by atoms with E-state index in [9.17, 15) is 9.59 Å². The van der Waals surface area contributed by atoms with Gasteiger partial charge in [-0.25, -0.2) is 0 Å². The van der Waals surface area contributed by atoms with Gasteiger partial charge in [-0.1, -0.05) is 30.3 Å². The maximum absolute atomic E-state index is 12.4. The summed E-state index contributed by atoms with van der Waals surface area (Å²) in [4.78, 5) is 26.3. The molecule has 6 nitrogen and oxygen atoms in total. The predicted molar refractivity (Wildman–Crippen MR) is 88.0 cm³/mol. The minimum atomic E-state index is -0.507. The summed E-state index contributed by atoms with van der Waals surface area (Å²) < 4.78 is 5.75. The van der Waals surface area contributed by atoms with Gasteiger partial charge in [-0.2, -0.15) is 0 Å². The van der Waals surface area contributed by atoms with Crippen LogP contribution in [-0.2, 0) is 20.9 Å². The molecule has 0 spiro atoms. The van der Waals surface area contributed by atoms with E-state index < -0.39 is 11.8 Å². The Kier molecular flexibility index (Phi) is 4.24. The molecule has 1 aliphatic carbocycles. The third-order valence-corrected chi connectivity index (χ3v) is 5.15. The van der Waals surface area contributed by atoms with Crippen LogP contribution in [0.4, 0.5) is 0 Å². The van der Waals surface area contributed by atoms with E-state index in [2.05, 4.69) is 10.6 Å². The number of amides is 2. The molecule has 24 heavy (non-hydrogen) atoms. The molecule has 0 bridgehead atoms. The summed E-state index contributed by atoms with van der Waals surface area (Å²) in [5, 5.41) is 6.43. The maximum Gasteiger partial charge on any atom is 0.312 e. The minimum Gasteiger partial charge on any atom is -0.378 e. The average Bonchev–Trinajstić information content (AvgIpc) is 3.42. The summed E-state index contributed by atoms with van der Waals surface area (Å²) in [5.41, 5.74) is 1.02. The molecule has 0 aromatic heterocycles. The Labute approximate surface area is 141 Å². The number of fused-ring (bicyclic) bond motifs is 1. The van der Waals surface area contributed by atoms with Crippen molar-refractivity contribution >= 4 is 11.8 Å². The van der Waals surface area contributed by atoms with Crippen molar-refractivity contribution in [1.82, 2.24) is 15.5 Å². The van der Waals surface area contributed by atoms with Crippen LogP contribution in [0.15, 0.2) is 30.3 Å². The van der Waals surface area contributed by atoms with E-state index in [1.54, 1.807) is 4.90 Å². The molecule has 2 aliphatic heterocycles. The van der Waals surface area contributed by atoms with Crippen molar-refractivity contribution in [2.45, 2.75) is 37.5 Å². The second-order valence-corrected chi connectivity index (χ2v) is 6.98. The number of carbonyl (C=O) groups is 2. The van der Waals surface area contributed by atoms with Crippen LogP contribution in [0.25, 0.3) is 0 Å². The summed E-state index contributed by atoms with van der Waals surface area (Å²) in [6.07, 6.45) is 2.55. The van der Waals surface area contributed by atoms with Gasteiger partial charge in [0.05, 0.1) is 31.3 Å². The first-order valence-electron chi connectivity index (χ1n) is 8.69. The molecule has 1 unspecified atom stereocenters. The lowest BCUT2D eigenvalue weighted by atomic mass is 9.93. The number of ether oxygens (including phenoxy) is 1. The highest BCUT2D eigenvalue weighted by Gasteiger charge is 2.46. The van der Waals surface area contributed by atoms with Gasteiger partial charge >= 0.3 is 11.8 Å². The van der Waals surface area contributed by atoms with Crippen molar-refractivity contribution in [2.75, 3.05) is 19.8 Å². The Balaban J connectivity index is 1.51. The molecule has 2 amide bonds. The van der Waals surface area contributed by atoms with Crippen LogP contribution in [0.1, 0.15) is 18.4 Å². The molecule has 128 valence electrons. The number of rotatable bonds is 5. The van der Waals surface area contributed by atoms with Gasteiger partial charge < -0.3 is 20.3 Å². The molecule has 3 fully saturated rings. The second kappa shape index (κ2) is 6.53. The summed E-state index contributed by atoms with van der Waals surface area (Å²) in [6.45, 7) is 2.43. The molecule has 4 rings (SSSR count). The smallest absolute Gasteiger partial charge is 0.312 e. The number of piperazine rings is 1. The molecule has 0 radical (unpaired) electrons. The minimum absolute atomic E-state index is 0.0553. The van der Waals surface area contributed by atoms with Gasteiger partial charge in [0.15, 0.2) is 0 Å². The van der Waals surface area contributed by atoms with Crippen LogP contribution >= 0.6 is 0 Å². The van der Waals surface area contributed by atoms with Crippen molar-refractivity contribution in [2.24, 2.45) is 5.92 Å². The van der Waals surface area contributed by atoms with E-state index in [1.807, 2.05) is 30.3 Å². The van der Waals surface area contributed by atoms with Crippen LogP contribution in [0.2, 0.25) is 0 Å². The van der Waals surface area contributed by atoms with Gasteiger partial charge in [0.25, 0.3) is 0 Å². The van der Waals surface area contributed by atoms with Crippen molar-refractivity contribution in [3.05, 3.63) is 35.9 Å². The first-order valence-corrected chi connectivity index (χ1v) is 8.69. The lowest BCUT2D eigenvalue weighted by molar-refractivity contribution is -0.158.